The summed E-state index contributed by atoms with van der Waals surface area (Å²) in [5, 5.41) is 1.26. The topological polar surface area (TPSA) is 36.1 Å². The molecule has 0 spiro atoms. The zero-order valence-corrected chi connectivity index (χ0v) is 14.8. The van der Waals surface area contributed by atoms with Crippen LogP contribution < -0.4 is 0 Å². The molecule has 4 heteroatoms. The van der Waals surface area contributed by atoms with E-state index in [4.69, 9.17) is 0 Å². The minimum Gasteiger partial charge on any atom is -0.358 e. The van der Waals surface area contributed by atoms with Crippen LogP contribution in [0.1, 0.15) is 43.9 Å². The molecule has 1 N–H and O–H groups in total. The summed E-state index contributed by atoms with van der Waals surface area (Å²) >= 11 is 0. The van der Waals surface area contributed by atoms with Gasteiger partial charge in [0.1, 0.15) is 0 Å². The molecule has 0 saturated carbocycles. The largest absolute Gasteiger partial charge is 0.358 e. The Morgan fingerprint density at radius 2 is 2.18 bits per heavy atom. The van der Waals surface area contributed by atoms with Gasteiger partial charge in [-0.15, -0.1) is 0 Å². The van der Waals surface area contributed by atoms with Gasteiger partial charge in [-0.3, -0.25) is 4.21 Å². The maximum atomic E-state index is 11.8. The molecule has 1 fully saturated rings. The van der Waals surface area contributed by atoms with E-state index < -0.39 is 10.8 Å². The Balaban J connectivity index is 2.08. The minimum atomic E-state index is -0.930. The molecule has 2 heterocycles. The van der Waals surface area contributed by atoms with Crippen LogP contribution in [0.25, 0.3) is 10.9 Å². The van der Waals surface area contributed by atoms with Crippen molar-refractivity contribution in [1.82, 2.24) is 9.88 Å². The van der Waals surface area contributed by atoms with Gasteiger partial charge in [0.15, 0.2) is 0 Å². The number of aromatic amines is 1. The van der Waals surface area contributed by atoms with E-state index in [9.17, 15) is 4.21 Å². The van der Waals surface area contributed by atoms with Crippen LogP contribution in [-0.2, 0) is 17.2 Å². The Bertz CT molecular complexity index is 704. The normalized spacial score (nSPS) is 21.0. The molecular formula is C18H26N2OS. The summed E-state index contributed by atoms with van der Waals surface area (Å²) < 4.78 is 11.8. The number of H-pyrrole nitrogens is 1. The summed E-state index contributed by atoms with van der Waals surface area (Å²) in [6, 6.07) is 6.81. The third kappa shape index (κ3) is 2.86. The van der Waals surface area contributed by atoms with Crippen LogP contribution in [-0.4, -0.2) is 40.0 Å². The second-order valence-electron chi connectivity index (χ2n) is 6.81. The van der Waals surface area contributed by atoms with Gasteiger partial charge in [0.25, 0.3) is 0 Å². The lowest BCUT2D eigenvalue weighted by atomic mass is 9.96. The first-order chi connectivity index (χ1) is 10.5. The fraction of sp³-hybridized carbons (Fsp3) is 0.556. The van der Waals surface area contributed by atoms with Crippen molar-refractivity contribution in [3.8, 4) is 0 Å². The van der Waals surface area contributed by atoms with E-state index in [1.54, 1.807) is 6.26 Å². The van der Waals surface area contributed by atoms with Gasteiger partial charge in [-0.1, -0.05) is 13.8 Å². The highest BCUT2D eigenvalue weighted by Gasteiger charge is 2.24. The molecule has 1 saturated heterocycles. The van der Waals surface area contributed by atoms with Gasteiger partial charge in [0.2, 0.25) is 0 Å². The second-order valence-corrected chi connectivity index (χ2v) is 8.19. The highest BCUT2D eigenvalue weighted by Crippen LogP contribution is 2.32. The van der Waals surface area contributed by atoms with E-state index in [2.05, 4.69) is 42.9 Å². The van der Waals surface area contributed by atoms with Crippen molar-refractivity contribution in [3.63, 3.8) is 0 Å². The average Bonchev–Trinajstić information content (AvgIpc) is 3.03. The van der Waals surface area contributed by atoms with Crippen molar-refractivity contribution in [2.75, 3.05) is 19.8 Å². The van der Waals surface area contributed by atoms with Gasteiger partial charge in [-0.25, -0.2) is 0 Å². The molecule has 0 amide bonds. The lowest BCUT2D eigenvalue weighted by Crippen LogP contribution is -2.27. The van der Waals surface area contributed by atoms with Gasteiger partial charge in [0, 0.05) is 44.6 Å². The number of aromatic nitrogens is 1. The Morgan fingerprint density at radius 1 is 1.41 bits per heavy atom. The highest BCUT2D eigenvalue weighted by atomic mass is 32.2. The molecule has 0 bridgehead atoms. The summed E-state index contributed by atoms with van der Waals surface area (Å²) in [7, 11) is 1.30. The quantitative estimate of drug-likeness (QED) is 0.934. The number of nitrogens with one attached hydrogen (secondary N) is 1. The Labute approximate surface area is 135 Å². The van der Waals surface area contributed by atoms with Gasteiger partial charge in [-0.2, -0.15) is 0 Å². The molecule has 1 aliphatic rings. The predicted molar refractivity (Wildman–Crippen MR) is 94.1 cm³/mol. The van der Waals surface area contributed by atoms with Gasteiger partial charge < -0.3 is 9.88 Å². The number of likely N-dealkylation sites (tertiary alicyclic amines) is 1. The van der Waals surface area contributed by atoms with Crippen LogP contribution in [0, 0.1) is 0 Å². The first kappa shape index (κ1) is 15.8. The summed E-state index contributed by atoms with van der Waals surface area (Å²) in [5.74, 6) is 0.477. The number of benzene rings is 1. The number of hydrogen-bond donors (Lipinski definition) is 1. The van der Waals surface area contributed by atoms with E-state index >= 15 is 0 Å². The van der Waals surface area contributed by atoms with Crippen molar-refractivity contribution in [2.24, 2.45) is 0 Å². The zero-order valence-electron chi connectivity index (χ0n) is 14.0. The Hall–Kier alpha value is -1.13. The summed E-state index contributed by atoms with van der Waals surface area (Å²) in [6.07, 6.45) is 5.41. The van der Waals surface area contributed by atoms with E-state index in [0.29, 0.717) is 12.0 Å². The van der Waals surface area contributed by atoms with E-state index in [0.717, 1.165) is 11.3 Å². The molecule has 3 nitrogen and oxygen atoms in total. The van der Waals surface area contributed by atoms with Crippen molar-refractivity contribution in [2.45, 2.75) is 50.0 Å². The molecule has 0 aliphatic carbocycles. The zero-order chi connectivity index (χ0) is 15.9. The van der Waals surface area contributed by atoms with Crippen LogP contribution in [0.5, 0.6) is 0 Å². The summed E-state index contributed by atoms with van der Waals surface area (Å²) in [4.78, 5) is 7.00. The van der Waals surface area contributed by atoms with Crippen LogP contribution in [0.3, 0.4) is 0 Å². The third-order valence-electron chi connectivity index (χ3n) is 4.93. The minimum absolute atomic E-state index is 0.477. The molecule has 1 aromatic carbocycles. The second kappa shape index (κ2) is 6.17. The van der Waals surface area contributed by atoms with E-state index in [-0.39, 0.29) is 0 Å². The smallest absolute Gasteiger partial charge is 0.0498 e. The van der Waals surface area contributed by atoms with Crippen LogP contribution in [0.15, 0.2) is 23.1 Å². The SMILES string of the molecule is CC(C)c1[nH]c2ccc(S(C)=O)cc2c1C[C@H]1CCCN1C. The van der Waals surface area contributed by atoms with E-state index in [1.165, 1.54) is 41.5 Å². The van der Waals surface area contributed by atoms with Gasteiger partial charge in [-0.05, 0) is 62.5 Å². The lowest BCUT2D eigenvalue weighted by molar-refractivity contribution is 0.309. The highest BCUT2D eigenvalue weighted by molar-refractivity contribution is 7.84. The first-order valence-electron chi connectivity index (χ1n) is 8.15. The standard InChI is InChI=1S/C18H26N2OS/c1-12(2)18-16(10-13-6-5-9-20(13)3)15-11-14(22(4)21)7-8-17(15)19-18/h7-8,11-13,19H,5-6,9-10H2,1-4H3/t13-,22?/m1/s1. The van der Waals surface area contributed by atoms with Gasteiger partial charge >= 0.3 is 0 Å². The van der Waals surface area contributed by atoms with Crippen LogP contribution in [0.4, 0.5) is 0 Å². The molecule has 2 aromatic rings. The molecule has 3 rings (SSSR count). The van der Waals surface area contributed by atoms with Crippen molar-refractivity contribution < 1.29 is 4.21 Å². The first-order valence-corrected chi connectivity index (χ1v) is 9.71. The molecule has 1 aliphatic heterocycles. The molecule has 22 heavy (non-hydrogen) atoms. The number of fused-ring (bicyclic) bond motifs is 1. The molecular weight excluding hydrogens is 292 g/mol. The third-order valence-corrected chi connectivity index (χ3v) is 5.85. The maximum Gasteiger partial charge on any atom is 0.0498 e. The number of nitrogens with zero attached hydrogens (tertiary/aromatic N) is 1. The van der Waals surface area contributed by atoms with Crippen molar-refractivity contribution >= 4 is 21.7 Å². The van der Waals surface area contributed by atoms with Crippen LogP contribution in [0.2, 0.25) is 0 Å². The molecule has 2 atom stereocenters. The average molecular weight is 318 g/mol. The monoisotopic (exact) mass is 318 g/mol. The number of rotatable bonds is 4. The van der Waals surface area contributed by atoms with Gasteiger partial charge in [0.05, 0.1) is 0 Å². The lowest BCUT2D eigenvalue weighted by Gasteiger charge is -2.20. The fourth-order valence-corrected chi connectivity index (χ4v) is 4.16. The number of likely N-dealkylation sites (N-methyl/N-ethyl adjacent to an activating group) is 1. The van der Waals surface area contributed by atoms with Crippen LogP contribution >= 0.6 is 0 Å². The fourth-order valence-electron chi connectivity index (χ4n) is 3.61. The summed E-state index contributed by atoms with van der Waals surface area (Å²) in [6.45, 7) is 5.69. The molecule has 1 aromatic heterocycles. The molecule has 1 unspecified atom stereocenters. The Kier molecular flexibility index (Phi) is 4.42. The molecule has 120 valence electrons. The number of hydrogen-bond acceptors (Lipinski definition) is 2. The maximum absolute atomic E-state index is 11.8. The Morgan fingerprint density at radius 3 is 2.77 bits per heavy atom. The molecule has 0 radical (unpaired) electrons. The van der Waals surface area contributed by atoms with E-state index in [1.807, 2.05) is 6.07 Å². The van der Waals surface area contributed by atoms with Crippen molar-refractivity contribution in [3.05, 3.63) is 29.5 Å². The predicted octanol–water partition coefficient (Wildman–Crippen LogP) is 3.67. The van der Waals surface area contributed by atoms with Crippen molar-refractivity contribution in [1.29, 1.82) is 0 Å². The summed E-state index contributed by atoms with van der Waals surface area (Å²) in [5.41, 5.74) is 3.94.